The van der Waals surface area contributed by atoms with Gasteiger partial charge in [0, 0.05) is 23.1 Å². The first-order chi connectivity index (χ1) is 15.0. The lowest BCUT2D eigenvalue weighted by Gasteiger charge is -2.10. The number of nitrogens with zero attached hydrogens (tertiary/aromatic N) is 2. The molecule has 2 aromatic carbocycles. The van der Waals surface area contributed by atoms with Gasteiger partial charge < -0.3 is 15.8 Å². The van der Waals surface area contributed by atoms with Crippen LogP contribution in [0.25, 0.3) is 10.2 Å². The van der Waals surface area contributed by atoms with Gasteiger partial charge in [0.1, 0.15) is 17.9 Å². The van der Waals surface area contributed by atoms with Gasteiger partial charge >= 0.3 is 0 Å². The third-order valence-electron chi connectivity index (χ3n) is 4.93. The highest BCUT2D eigenvalue weighted by Crippen LogP contribution is 2.28. The van der Waals surface area contributed by atoms with Crippen molar-refractivity contribution in [1.29, 1.82) is 0 Å². The molecule has 0 atom stereocenters. The van der Waals surface area contributed by atoms with Crippen LogP contribution in [-0.2, 0) is 6.42 Å². The number of benzene rings is 2. The van der Waals surface area contributed by atoms with Gasteiger partial charge in [0.05, 0.1) is 22.9 Å². The number of ketones is 1. The summed E-state index contributed by atoms with van der Waals surface area (Å²) in [5, 5.41) is 4.60. The van der Waals surface area contributed by atoms with Crippen LogP contribution in [0.3, 0.4) is 0 Å². The zero-order chi connectivity index (χ0) is 22.0. The summed E-state index contributed by atoms with van der Waals surface area (Å²) in [6.45, 7) is 1.87. The number of nitrogen functional groups attached to an aromatic ring is 1. The zero-order valence-corrected chi connectivity index (χ0v) is 17.8. The van der Waals surface area contributed by atoms with E-state index in [0.717, 1.165) is 11.1 Å². The maximum absolute atomic E-state index is 12.9. The Bertz CT molecular complexity index is 1300. The maximum Gasteiger partial charge on any atom is 0.258 e. The van der Waals surface area contributed by atoms with Gasteiger partial charge in [-0.1, -0.05) is 24.3 Å². The Hall–Kier alpha value is -3.78. The molecule has 31 heavy (non-hydrogen) atoms. The SMILES string of the molecule is COc1cccc(CC(=O)c2ccc(C)c(NC(=O)c3csc4c(N)ncnc34)c2)c1. The lowest BCUT2D eigenvalue weighted by molar-refractivity contribution is 0.0990. The number of carbonyl (C=O) groups excluding carboxylic acids is 2. The first-order valence-electron chi connectivity index (χ1n) is 9.52. The molecule has 4 aromatic rings. The quantitative estimate of drug-likeness (QED) is 0.441. The van der Waals surface area contributed by atoms with Gasteiger partial charge in [0.2, 0.25) is 0 Å². The zero-order valence-electron chi connectivity index (χ0n) is 17.0. The molecule has 156 valence electrons. The fourth-order valence-electron chi connectivity index (χ4n) is 3.22. The van der Waals surface area contributed by atoms with Crippen molar-refractivity contribution >= 4 is 44.7 Å². The molecule has 8 heteroatoms. The highest BCUT2D eigenvalue weighted by atomic mass is 32.1. The minimum absolute atomic E-state index is 0.0507. The van der Waals surface area contributed by atoms with Crippen molar-refractivity contribution in [2.75, 3.05) is 18.2 Å². The number of methoxy groups -OCH3 is 1. The lowest BCUT2D eigenvalue weighted by Crippen LogP contribution is -2.14. The van der Waals surface area contributed by atoms with E-state index in [1.807, 2.05) is 37.3 Å². The summed E-state index contributed by atoms with van der Waals surface area (Å²) in [5.74, 6) is 0.681. The fraction of sp³-hybridized carbons (Fsp3) is 0.130. The minimum Gasteiger partial charge on any atom is -0.497 e. The summed E-state index contributed by atoms with van der Waals surface area (Å²) in [7, 11) is 1.59. The third kappa shape index (κ3) is 4.24. The first-order valence-corrected chi connectivity index (χ1v) is 10.4. The Labute approximate surface area is 182 Å². The molecule has 0 radical (unpaired) electrons. The number of amides is 1. The number of aryl methyl sites for hydroxylation is 1. The number of ether oxygens (including phenoxy) is 1. The summed E-state index contributed by atoms with van der Waals surface area (Å²) in [6.07, 6.45) is 1.57. The summed E-state index contributed by atoms with van der Waals surface area (Å²) in [5.41, 5.74) is 9.59. The van der Waals surface area contributed by atoms with Gasteiger partial charge in [0.25, 0.3) is 5.91 Å². The molecule has 0 bridgehead atoms. The molecule has 3 N–H and O–H groups in total. The van der Waals surface area contributed by atoms with E-state index < -0.39 is 0 Å². The first kappa shape index (κ1) is 20.5. The number of Topliss-reactive ketones (excluding diaryl/α,β-unsaturated/α-hetero) is 1. The molecule has 4 rings (SSSR count). The topological polar surface area (TPSA) is 107 Å². The predicted octanol–water partition coefficient (Wildman–Crippen LogP) is 4.27. The van der Waals surface area contributed by atoms with Gasteiger partial charge in [0.15, 0.2) is 5.78 Å². The van der Waals surface area contributed by atoms with Crippen LogP contribution in [0.15, 0.2) is 54.2 Å². The van der Waals surface area contributed by atoms with Crippen molar-refractivity contribution in [3.05, 3.63) is 76.4 Å². The van der Waals surface area contributed by atoms with E-state index in [-0.39, 0.29) is 18.1 Å². The summed E-state index contributed by atoms with van der Waals surface area (Å²) in [4.78, 5) is 33.9. The number of aromatic nitrogens is 2. The second kappa shape index (κ2) is 8.53. The van der Waals surface area contributed by atoms with E-state index in [1.54, 1.807) is 24.6 Å². The van der Waals surface area contributed by atoms with Crippen molar-refractivity contribution in [1.82, 2.24) is 9.97 Å². The number of fused-ring (bicyclic) bond motifs is 1. The Kier molecular flexibility index (Phi) is 5.64. The lowest BCUT2D eigenvalue weighted by atomic mass is 10.0. The fourth-order valence-corrected chi connectivity index (χ4v) is 4.12. The largest absolute Gasteiger partial charge is 0.497 e. The number of carbonyl (C=O) groups is 2. The number of hydrogen-bond acceptors (Lipinski definition) is 7. The van der Waals surface area contributed by atoms with Crippen molar-refractivity contribution in [2.24, 2.45) is 0 Å². The highest BCUT2D eigenvalue weighted by Gasteiger charge is 2.17. The molecule has 0 aliphatic carbocycles. The molecule has 0 aliphatic rings. The van der Waals surface area contributed by atoms with Crippen molar-refractivity contribution in [3.8, 4) is 5.75 Å². The molecular weight excluding hydrogens is 412 g/mol. The standard InChI is InChI=1S/C23H20N4O3S/c1-13-6-7-15(19(28)9-14-4-3-5-16(8-14)30-2)10-18(13)27-23(29)17-11-31-21-20(17)25-12-26-22(21)24/h3-8,10-12H,9H2,1-2H3,(H,27,29)(H2,24,25,26). The van der Waals surface area contributed by atoms with Crippen molar-refractivity contribution in [2.45, 2.75) is 13.3 Å². The van der Waals surface area contributed by atoms with Crippen LogP contribution >= 0.6 is 11.3 Å². The molecule has 0 saturated heterocycles. The third-order valence-corrected chi connectivity index (χ3v) is 5.92. The average Bonchev–Trinajstić information content (AvgIpc) is 3.21. The van der Waals surface area contributed by atoms with Crippen molar-refractivity contribution < 1.29 is 14.3 Å². The molecule has 0 unspecified atom stereocenters. The van der Waals surface area contributed by atoms with E-state index in [0.29, 0.717) is 38.6 Å². The summed E-state index contributed by atoms with van der Waals surface area (Å²) in [6, 6.07) is 12.7. The van der Waals surface area contributed by atoms with Crippen molar-refractivity contribution in [3.63, 3.8) is 0 Å². The Morgan fingerprint density at radius 2 is 2.00 bits per heavy atom. The summed E-state index contributed by atoms with van der Waals surface area (Å²) >= 11 is 1.32. The number of nitrogens with one attached hydrogen (secondary N) is 1. The average molecular weight is 433 g/mol. The monoisotopic (exact) mass is 432 g/mol. The number of thiophene rings is 1. The second-order valence-electron chi connectivity index (χ2n) is 7.02. The molecule has 2 heterocycles. The van der Waals surface area contributed by atoms with Crippen LogP contribution in [0.4, 0.5) is 11.5 Å². The number of rotatable bonds is 6. The van der Waals surface area contributed by atoms with Crippen LogP contribution in [-0.4, -0.2) is 28.8 Å². The highest BCUT2D eigenvalue weighted by molar-refractivity contribution is 7.18. The van der Waals surface area contributed by atoms with Crippen LogP contribution < -0.4 is 15.8 Å². The Morgan fingerprint density at radius 1 is 1.16 bits per heavy atom. The van der Waals surface area contributed by atoms with Gasteiger partial charge in [-0.05, 0) is 36.2 Å². The Morgan fingerprint density at radius 3 is 2.81 bits per heavy atom. The molecule has 0 saturated carbocycles. The van der Waals surface area contributed by atoms with E-state index in [2.05, 4.69) is 15.3 Å². The van der Waals surface area contributed by atoms with Crippen LogP contribution in [0.2, 0.25) is 0 Å². The molecule has 7 nitrogen and oxygen atoms in total. The van der Waals surface area contributed by atoms with Gasteiger partial charge in [-0.15, -0.1) is 11.3 Å². The smallest absolute Gasteiger partial charge is 0.258 e. The van der Waals surface area contributed by atoms with E-state index in [4.69, 9.17) is 10.5 Å². The van der Waals surface area contributed by atoms with E-state index in [1.165, 1.54) is 17.7 Å². The number of anilines is 2. The molecular formula is C23H20N4O3S. The second-order valence-corrected chi connectivity index (χ2v) is 7.90. The maximum atomic E-state index is 12.9. The molecule has 0 aliphatic heterocycles. The minimum atomic E-state index is -0.315. The van der Waals surface area contributed by atoms with Gasteiger partial charge in [-0.2, -0.15) is 0 Å². The molecule has 0 fully saturated rings. The molecule has 2 aromatic heterocycles. The van der Waals surface area contributed by atoms with Gasteiger partial charge in [-0.3, -0.25) is 9.59 Å². The summed E-state index contributed by atoms with van der Waals surface area (Å²) < 4.78 is 5.89. The number of nitrogens with two attached hydrogens (primary N) is 1. The number of hydrogen-bond donors (Lipinski definition) is 2. The van der Waals surface area contributed by atoms with E-state index >= 15 is 0 Å². The van der Waals surface area contributed by atoms with Crippen LogP contribution in [0.1, 0.15) is 31.8 Å². The van der Waals surface area contributed by atoms with Gasteiger partial charge in [-0.25, -0.2) is 9.97 Å². The van der Waals surface area contributed by atoms with Crippen LogP contribution in [0, 0.1) is 6.92 Å². The molecule has 1 amide bonds. The van der Waals surface area contributed by atoms with E-state index in [9.17, 15) is 9.59 Å². The predicted molar refractivity (Wildman–Crippen MR) is 122 cm³/mol. The van der Waals surface area contributed by atoms with Crippen LogP contribution in [0.5, 0.6) is 5.75 Å². The normalized spacial score (nSPS) is 10.8. The molecule has 0 spiro atoms. The Balaban J connectivity index is 1.56.